The molecule has 1 aliphatic heterocycles. The summed E-state index contributed by atoms with van der Waals surface area (Å²) in [5.41, 5.74) is 0.981. The first-order valence-electron chi connectivity index (χ1n) is 9.62. The van der Waals surface area contributed by atoms with Gasteiger partial charge in [-0.05, 0) is 42.0 Å². The van der Waals surface area contributed by atoms with Gasteiger partial charge in [0.1, 0.15) is 6.54 Å². The minimum Gasteiger partial charge on any atom is -0.454 e. The highest BCUT2D eigenvalue weighted by Gasteiger charge is 2.34. The highest BCUT2D eigenvalue weighted by Crippen LogP contribution is 2.33. The van der Waals surface area contributed by atoms with Crippen LogP contribution < -0.4 is 9.47 Å². The maximum absolute atomic E-state index is 13.2. The first-order chi connectivity index (χ1) is 13.6. The van der Waals surface area contributed by atoms with Gasteiger partial charge < -0.3 is 19.3 Å². The Hall–Kier alpha value is -2.54. The number of nitrogens with zero attached hydrogens (tertiary/aromatic N) is 2. The van der Waals surface area contributed by atoms with Gasteiger partial charge in [0.2, 0.25) is 18.6 Å². The van der Waals surface area contributed by atoms with Crippen LogP contribution in [-0.2, 0) is 22.7 Å². The van der Waals surface area contributed by atoms with Crippen molar-refractivity contribution >= 4 is 23.2 Å². The zero-order chi connectivity index (χ0) is 19.5. The third kappa shape index (κ3) is 4.30. The maximum atomic E-state index is 13.2. The molecule has 2 heterocycles. The topological polar surface area (TPSA) is 59.1 Å². The van der Waals surface area contributed by atoms with E-state index in [1.54, 1.807) is 16.2 Å². The molecule has 0 spiro atoms. The molecule has 1 fully saturated rings. The number of hydrogen-bond acceptors (Lipinski definition) is 5. The van der Waals surface area contributed by atoms with Gasteiger partial charge in [-0.1, -0.05) is 19.1 Å². The molecule has 28 heavy (non-hydrogen) atoms. The van der Waals surface area contributed by atoms with Crippen molar-refractivity contribution in [1.29, 1.82) is 0 Å². The van der Waals surface area contributed by atoms with Crippen LogP contribution in [0.25, 0.3) is 0 Å². The average Bonchev–Trinajstić information content (AvgIpc) is 3.21. The third-order valence-electron chi connectivity index (χ3n) is 5.01. The molecule has 4 rings (SSSR count). The Bertz CT molecular complexity index is 848. The van der Waals surface area contributed by atoms with E-state index in [-0.39, 0.29) is 31.2 Å². The fourth-order valence-electron chi connectivity index (χ4n) is 3.34. The molecule has 0 saturated heterocycles. The summed E-state index contributed by atoms with van der Waals surface area (Å²) >= 11 is 1.63. The predicted octanol–water partition coefficient (Wildman–Crippen LogP) is 3.41. The summed E-state index contributed by atoms with van der Waals surface area (Å²) in [6, 6.07) is 10.00. The molecular formula is C21H24N2O4S. The van der Waals surface area contributed by atoms with Crippen LogP contribution >= 0.6 is 11.3 Å². The van der Waals surface area contributed by atoms with Gasteiger partial charge in [0.15, 0.2) is 11.5 Å². The van der Waals surface area contributed by atoms with Gasteiger partial charge in [-0.3, -0.25) is 9.59 Å². The number of benzene rings is 1. The molecular weight excluding hydrogens is 376 g/mol. The Morgan fingerprint density at radius 3 is 2.64 bits per heavy atom. The van der Waals surface area contributed by atoms with Crippen molar-refractivity contribution in [2.75, 3.05) is 13.3 Å². The second kappa shape index (κ2) is 8.22. The molecule has 1 aromatic heterocycles. The molecule has 0 N–H and O–H groups in total. The minimum atomic E-state index is -0.0280. The first-order valence-corrected chi connectivity index (χ1v) is 10.5. The SMILES string of the molecule is CCC(=O)N(CC(=O)N(Cc1ccc2c(c1)OCO2)Cc1cccs1)C1CC1. The van der Waals surface area contributed by atoms with Crippen LogP contribution in [0.2, 0.25) is 0 Å². The monoisotopic (exact) mass is 400 g/mol. The van der Waals surface area contributed by atoms with Crippen molar-refractivity contribution in [3.05, 3.63) is 46.2 Å². The Balaban J connectivity index is 1.51. The Morgan fingerprint density at radius 1 is 1.11 bits per heavy atom. The second-order valence-electron chi connectivity index (χ2n) is 7.12. The van der Waals surface area contributed by atoms with E-state index in [2.05, 4.69) is 0 Å². The molecule has 148 valence electrons. The highest BCUT2D eigenvalue weighted by atomic mass is 32.1. The lowest BCUT2D eigenvalue weighted by Crippen LogP contribution is -2.43. The van der Waals surface area contributed by atoms with Crippen LogP contribution in [0.15, 0.2) is 35.7 Å². The van der Waals surface area contributed by atoms with Gasteiger partial charge in [-0.25, -0.2) is 0 Å². The zero-order valence-electron chi connectivity index (χ0n) is 15.9. The molecule has 2 aromatic rings. The summed E-state index contributed by atoms with van der Waals surface area (Å²) < 4.78 is 10.8. The summed E-state index contributed by atoms with van der Waals surface area (Å²) in [6.45, 7) is 3.22. The number of fused-ring (bicyclic) bond motifs is 1. The molecule has 0 atom stereocenters. The molecule has 2 amide bonds. The fourth-order valence-corrected chi connectivity index (χ4v) is 4.06. The lowest BCUT2D eigenvalue weighted by atomic mass is 10.2. The summed E-state index contributed by atoms with van der Waals surface area (Å²) in [5, 5.41) is 2.01. The Morgan fingerprint density at radius 2 is 1.93 bits per heavy atom. The summed E-state index contributed by atoms with van der Waals surface area (Å²) in [7, 11) is 0. The molecule has 1 aliphatic carbocycles. The van der Waals surface area contributed by atoms with Gasteiger partial charge in [0.25, 0.3) is 0 Å². The lowest BCUT2D eigenvalue weighted by molar-refractivity contribution is -0.141. The molecule has 7 heteroatoms. The van der Waals surface area contributed by atoms with Gasteiger partial charge in [0, 0.05) is 23.9 Å². The second-order valence-corrected chi connectivity index (χ2v) is 8.16. The molecule has 6 nitrogen and oxygen atoms in total. The van der Waals surface area contributed by atoms with Gasteiger partial charge in [0.05, 0.1) is 6.54 Å². The first kappa shape index (κ1) is 18.8. The molecule has 0 bridgehead atoms. The van der Waals surface area contributed by atoms with Crippen molar-refractivity contribution < 1.29 is 19.1 Å². The van der Waals surface area contributed by atoms with Crippen molar-refractivity contribution in [2.45, 2.75) is 45.3 Å². The zero-order valence-corrected chi connectivity index (χ0v) is 16.7. The Kier molecular flexibility index (Phi) is 5.52. The van der Waals surface area contributed by atoms with Crippen LogP contribution in [0.1, 0.15) is 36.6 Å². The normalized spacial score (nSPS) is 14.8. The van der Waals surface area contributed by atoms with E-state index in [9.17, 15) is 9.59 Å². The number of hydrogen-bond donors (Lipinski definition) is 0. The molecule has 2 aliphatic rings. The lowest BCUT2D eigenvalue weighted by Gasteiger charge is -2.27. The standard InChI is InChI=1S/C21H24N2O4S/c1-2-20(24)23(16-6-7-16)13-21(25)22(12-17-4-3-9-28-17)11-15-5-8-18-19(10-15)27-14-26-18/h3-5,8-10,16H,2,6-7,11-14H2,1H3. The van der Waals surface area contributed by atoms with E-state index < -0.39 is 0 Å². The number of thiophene rings is 1. The van der Waals surface area contributed by atoms with E-state index in [4.69, 9.17) is 9.47 Å². The number of carbonyl (C=O) groups excluding carboxylic acids is 2. The van der Waals surface area contributed by atoms with E-state index in [1.807, 2.05) is 47.5 Å². The number of rotatable bonds is 8. The predicted molar refractivity (Wildman–Crippen MR) is 106 cm³/mol. The Labute approximate surface area is 168 Å². The van der Waals surface area contributed by atoms with Crippen molar-refractivity contribution in [1.82, 2.24) is 9.80 Å². The third-order valence-corrected chi connectivity index (χ3v) is 5.87. The quantitative estimate of drug-likeness (QED) is 0.681. The van der Waals surface area contributed by atoms with E-state index in [0.717, 1.165) is 29.0 Å². The summed E-state index contributed by atoms with van der Waals surface area (Å²) in [6.07, 6.45) is 2.41. The maximum Gasteiger partial charge on any atom is 0.242 e. The van der Waals surface area contributed by atoms with Gasteiger partial charge >= 0.3 is 0 Å². The van der Waals surface area contributed by atoms with Crippen molar-refractivity contribution in [3.8, 4) is 11.5 Å². The smallest absolute Gasteiger partial charge is 0.242 e. The van der Waals surface area contributed by atoms with E-state index in [0.29, 0.717) is 25.3 Å². The largest absolute Gasteiger partial charge is 0.454 e. The summed E-state index contributed by atoms with van der Waals surface area (Å²) in [5.74, 6) is 1.46. The highest BCUT2D eigenvalue weighted by molar-refractivity contribution is 7.09. The number of amides is 2. The average molecular weight is 401 g/mol. The van der Waals surface area contributed by atoms with Crippen LogP contribution in [0.3, 0.4) is 0 Å². The van der Waals surface area contributed by atoms with Crippen molar-refractivity contribution in [3.63, 3.8) is 0 Å². The van der Waals surface area contributed by atoms with E-state index in [1.165, 1.54) is 0 Å². The molecule has 1 saturated carbocycles. The number of carbonyl (C=O) groups is 2. The fraction of sp³-hybridized carbons (Fsp3) is 0.429. The number of ether oxygens (including phenoxy) is 2. The summed E-state index contributed by atoms with van der Waals surface area (Å²) in [4.78, 5) is 30.1. The van der Waals surface area contributed by atoms with Gasteiger partial charge in [-0.2, -0.15) is 0 Å². The molecule has 0 unspecified atom stereocenters. The molecule has 1 aromatic carbocycles. The van der Waals surface area contributed by atoms with Gasteiger partial charge in [-0.15, -0.1) is 11.3 Å². The van der Waals surface area contributed by atoms with E-state index >= 15 is 0 Å². The van der Waals surface area contributed by atoms with Crippen LogP contribution in [0, 0.1) is 0 Å². The minimum absolute atomic E-state index is 0.0280. The van der Waals surface area contributed by atoms with Crippen molar-refractivity contribution in [2.24, 2.45) is 0 Å². The molecule has 0 radical (unpaired) electrons. The van der Waals surface area contributed by atoms with Crippen LogP contribution in [-0.4, -0.2) is 41.0 Å². The van der Waals surface area contributed by atoms with Crippen LogP contribution in [0.5, 0.6) is 11.5 Å². The van der Waals surface area contributed by atoms with Crippen LogP contribution in [0.4, 0.5) is 0 Å².